The lowest BCUT2D eigenvalue weighted by Gasteiger charge is -2.04. The van der Waals surface area contributed by atoms with Gasteiger partial charge < -0.3 is 10.8 Å². The summed E-state index contributed by atoms with van der Waals surface area (Å²) < 4.78 is 1.43. The summed E-state index contributed by atoms with van der Waals surface area (Å²) in [5, 5.41) is 16.6. The molecule has 2 amide bonds. The van der Waals surface area contributed by atoms with Gasteiger partial charge in [0.2, 0.25) is 5.95 Å². The molecule has 0 atom stereocenters. The van der Waals surface area contributed by atoms with Crippen molar-refractivity contribution in [3.05, 3.63) is 24.0 Å². The van der Waals surface area contributed by atoms with E-state index >= 15 is 0 Å². The van der Waals surface area contributed by atoms with Crippen LogP contribution in [0.3, 0.4) is 0 Å². The van der Waals surface area contributed by atoms with Crippen LogP contribution in [0.15, 0.2) is 18.3 Å². The van der Waals surface area contributed by atoms with Gasteiger partial charge >= 0.3 is 12.0 Å². The maximum absolute atomic E-state index is 11.2. The Morgan fingerprint density at radius 1 is 1.38 bits per heavy atom. The number of carboxylic acids is 1. The van der Waals surface area contributed by atoms with Crippen LogP contribution in [0, 0.1) is 0 Å². The molecule has 0 aliphatic rings. The minimum Gasteiger partial charge on any atom is -0.476 e. The zero-order valence-corrected chi connectivity index (χ0v) is 10.9. The average Bonchev–Trinajstić information content (AvgIpc) is 2.76. The topological polar surface area (TPSA) is 136 Å². The van der Waals surface area contributed by atoms with E-state index in [1.54, 1.807) is 19.2 Å². The number of hydrogen-bond donors (Lipinski definition) is 3. The molecule has 0 radical (unpaired) electrons. The molecule has 3 aromatic rings. The molecule has 9 heteroatoms. The van der Waals surface area contributed by atoms with E-state index < -0.39 is 12.0 Å². The van der Waals surface area contributed by atoms with Gasteiger partial charge in [0, 0.05) is 24.0 Å². The van der Waals surface area contributed by atoms with Crippen molar-refractivity contribution in [1.82, 2.24) is 19.7 Å². The number of fused-ring (bicyclic) bond motifs is 3. The van der Waals surface area contributed by atoms with Crippen molar-refractivity contribution in [2.75, 3.05) is 5.32 Å². The Morgan fingerprint density at radius 2 is 2.14 bits per heavy atom. The van der Waals surface area contributed by atoms with E-state index in [-0.39, 0.29) is 11.6 Å². The van der Waals surface area contributed by atoms with Crippen molar-refractivity contribution >= 4 is 39.8 Å². The maximum Gasteiger partial charge on any atom is 0.357 e. The quantitative estimate of drug-likeness (QED) is 0.634. The number of nitrogens with two attached hydrogens (primary N) is 1. The first kappa shape index (κ1) is 12.8. The van der Waals surface area contributed by atoms with Crippen LogP contribution in [0.2, 0.25) is 0 Å². The number of nitrogens with zero attached hydrogens (tertiary/aromatic N) is 4. The predicted octanol–water partition coefficient (Wildman–Crippen LogP) is 0.705. The normalized spacial score (nSPS) is 10.9. The molecular weight excluding hydrogens is 276 g/mol. The summed E-state index contributed by atoms with van der Waals surface area (Å²) in [5.41, 5.74) is 5.99. The second-order valence-electron chi connectivity index (χ2n) is 4.36. The van der Waals surface area contributed by atoms with Gasteiger partial charge in [-0.05, 0) is 6.07 Å². The molecule has 3 rings (SSSR count). The minimum absolute atomic E-state index is 0.0422. The molecule has 2 aromatic heterocycles. The maximum atomic E-state index is 11.2. The summed E-state index contributed by atoms with van der Waals surface area (Å²) in [7, 11) is 1.62. The fourth-order valence-corrected chi connectivity index (χ4v) is 2.18. The highest BCUT2D eigenvalue weighted by molar-refractivity contribution is 6.10. The standard InChI is InChI=1S/C12H10N6O3/c1-18-9-6(8(17-18)10(19)20)3-2-5-4-14-12(15-7(5)9)16-11(13)21/h2-4H,1H3,(H,19,20)(H3,13,14,15,16,21). The SMILES string of the molecule is Cn1nc(C(=O)O)c2ccc3cnc(NC(N)=O)nc3c21. The second kappa shape index (κ2) is 4.40. The van der Waals surface area contributed by atoms with Crippen LogP contribution in [0.5, 0.6) is 0 Å². The molecule has 0 spiro atoms. The molecule has 106 valence electrons. The van der Waals surface area contributed by atoms with Gasteiger partial charge in [-0.25, -0.2) is 19.6 Å². The van der Waals surface area contributed by atoms with Crippen LogP contribution in [0.25, 0.3) is 21.8 Å². The summed E-state index contributed by atoms with van der Waals surface area (Å²) in [6.07, 6.45) is 1.51. The lowest BCUT2D eigenvalue weighted by atomic mass is 10.1. The third-order valence-corrected chi connectivity index (χ3v) is 2.99. The third kappa shape index (κ3) is 2.00. The summed E-state index contributed by atoms with van der Waals surface area (Å²) in [6, 6.07) is 2.57. The van der Waals surface area contributed by atoms with Crippen molar-refractivity contribution in [3.63, 3.8) is 0 Å². The summed E-state index contributed by atoms with van der Waals surface area (Å²) in [4.78, 5) is 30.2. The van der Waals surface area contributed by atoms with E-state index in [0.29, 0.717) is 21.8 Å². The van der Waals surface area contributed by atoms with Gasteiger partial charge in [-0.2, -0.15) is 5.10 Å². The molecule has 4 N–H and O–H groups in total. The monoisotopic (exact) mass is 286 g/mol. The van der Waals surface area contributed by atoms with Gasteiger partial charge in [0.25, 0.3) is 0 Å². The summed E-state index contributed by atoms with van der Waals surface area (Å²) in [6.45, 7) is 0. The first-order valence-electron chi connectivity index (χ1n) is 5.89. The van der Waals surface area contributed by atoms with Gasteiger partial charge in [0.1, 0.15) is 5.52 Å². The number of benzene rings is 1. The van der Waals surface area contributed by atoms with Gasteiger partial charge in [0.05, 0.1) is 5.52 Å². The van der Waals surface area contributed by atoms with Crippen molar-refractivity contribution in [3.8, 4) is 0 Å². The zero-order valence-electron chi connectivity index (χ0n) is 10.9. The molecule has 9 nitrogen and oxygen atoms in total. The lowest BCUT2D eigenvalue weighted by Crippen LogP contribution is -2.20. The number of rotatable bonds is 2. The number of aryl methyl sites for hydroxylation is 1. The van der Waals surface area contributed by atoms with E-state index in [9.17, 15) is 9.59 Å². The molecule has 0 unspecified atom stereocenters. The van der Waals surface area contributed by atoms with Crippen LogP contribution >= 0.6 is 0 Å². The van der Waals surface area contributed by atoms with Crippen LogP contribution < -0.4 is 11.1 Å². The van der Waals surface area contributed by atoms with Crippen LogP contribution in [0.4, 0.5) is 10.7 Å². The van der Waals surface area contributed by atoms with Crippen LogP contribution in [-0.4, -0.2) is 36.9 Å². The Bertz CT molecular complexity index is 901. The highest BCUT2D eigenvalue weighted by Crippen LogP contribution is 2.26. The highest BCUT2D eigenvalue weighted by atomic mass is 16.4. The molecule has 0 aliphatic carbocycles. The Balaban J connectivity index is 2.35. The molecule has 0 bridgehead atoms. The summed E-state index contributed by atoms with van der Waals surface area (Å²) in [5.74, 6) is -1.08. The van der Waals surface area contributed by atoms with Crippen LogP contribution in [-0.2, 0) is 7.05 Å². The zero-order chi connectivity index (χ0) is 15.1. The number of carbonyl (C=O) groups excluding carboxylic acids is 1. The van der Waals surface area contributed by atoms with Gasteiger partial charge in [-0.3, -0.25) is 10.00 Å². The first-order valence-corrected chi connectivity index (χ1v) is 5.89. The number of primary amides is 1. The molecule has 0 fully saturated rings. The Morgan fingerprint density at radius 3 is 2.81 bits per heavy atom. The highest BCUT2D eigenvalue weighted by Gasteiger charge is 2.18. The first-order chi connectivity index (χ1) is 9.97. The number of aromatic carboxylic acids is 1. The predicted molar refractivity (Wildman–Crippen MR) is 74.0 cm³/mol. The second-order valence-corrected chi connectivity index (χ2v) is 4.36. The number of hydrogen-bond acceptors (Lipinski definition) is 5. The van der Waals surface area contributed by atoms with E-state index in [4.69, 9.17) is 10.8 Å². The number of carbonyl (C=O) groups is 2. The Labute approximate surface area is 117 Å². The lowest BCUT2D eigenvalue weighted by molar-refractivity contribution is 0.0691. The molecule has 0 saturated heterocycles. The third-order valence-electron chi connectivity index (χ3n) is 2.99. The van der Waals surface area contributed by atoms with E-state index in [1.165, 1.54) is 10.9 Å². The van der Waals surface area contributed by atoms with Crippen molar-refractivity contribution < 1.29 is 14.7 Å². The molecule has 0 aliphatic heterocycles. The molecular formula is C12H10N6O3. The van der Waals surface area contributed by atoms with Gasteiger partial charge in [-0.15, -0.1) is 0 Å². The van der Waals surface area contributed by atoms with E-state index in [1.807, 2.05) is 0 Å². The van der Waals surface area contributed by atoms with Crippen molar-refractivity contribution in [2.45, 2.75) is 0 Å². The number of carboxylic acid groups (broad SMARTS) is 1. The molecule has 2 heterocycles. The fraction of sp³-hybridized carbons (Fsp3) is 0.0833. The van der Waals surface area contributed by atoms with Gasteiger partial charge in [0.15, 0.2) is 5.69 Å². The minimum atomic E-state index is -1.12. The molecule has 1 aromatic carbocycles. The molecule has 21 heavy (non-hydrogen) atoms. The van der Waals surface area contributed by atoms with E-state index in [2.05, 4.69) is 20.4 Å². The number of nitrogens with one attached hydrogen (secondary N) is 1. The largest absolute Gasteiger partial charge is 0.476 e. The van der Waals surface area contributed by atoms with Gasteiger partial charge in [-0.1, -0.05) is 6.07 Å². The Kier molecular flexibility index (Phi) is 2.68. The molecule has 0 saturated carbocycles. The fourth-order valence-electron chi connectivity index (χ4n) is 2.18. The number of anilines is 1. The van der Waals surface area contributed by atoms with Crippen molar-refractivity contribution in [1.29, 1.82) is 0 Å². The van der Waals surface area contributed by atoms with Crippen LogP contribution in [0.1, 0.15) is 10.5 Å². The summed E-state index contributed by atoms with van der Waals surface area (Å²) >= 11 is 0. The van der Waals surface area contributed by atoms with E-state index in [0.717, 1.165) is 0 Å². The number of aromatic nitrogens is 4. The van der Waals surface area contributed by atoms with Crippen molar-refractivity contribution in [2.24, 2.45) is 12.8 Å². The smallest absolute Gasteiger partial charge is 0.357 e. The Hall–Kier alpha value is -3.23. The average molecular weight is 286 g/mol. The number of amides is 2. The number of urea groups is 1.